The minimum atomic E-state index is -0.207. The molecule has 1 fully saturated rings. The van der Waals surface area contributed by atoms with Crippen LogP contribution < -0.4 is 10.9 Å². The molecular formula is C21H27N3O2. The normalized spacial score (nSPS) is 20.5. The van der Waals surface area contributed by atoms with Crippen LogP contribution in [0.15, 0.2) is 46.8 Å². The van der Waals surface area contributed by atoms with E-state index in [0.29, 0.717) is 5.69 Å². The van der Waals surface area contributed by atoms with E-state index in [0.717, 1.165) is 11.4 Å². The van der Waals surface area contributed by atoms with Crippen LogP contribution in [0.2, 0.25) is 0 Å². The molecule has 0 saturated heterocycles. The van der Waals surface area contributed by atoms with Crippen molar-refractivity contribution in [3.05, 3.63) is 58.0 Å². The van der Waals surface area contributed by atoms with Crippen LogP contribution in [0.25, 0.3) is 5.69 Å². The van der Waals surface area contributed by atoms with Crippen molar-refractivity contribution >= 4 is 11.6 Å². The quantitative estimate of drug-likeness (QED) is 0.853. The molecule has 5 nitrogen and oxygen atoms in total. The van der Waals surface area contributed by atoms with Gasteiger partial charge in [0.25, 0.3) is 5.56 Å². The molecule has 1 aromatic carbocycles. The van der Waals surface area contributed by atoms with Gasteiger partial charge in [0.15, 0.2) is 0 Å². The van der Waals surface area contributed by atoms with E-state index in [4.69, 9.17) is 0 Å². The molecule has 0 bridgehead atoms. The van der Waals surface area contributed by atoms with Crippen LogP contribution in [0, 0.1) is 24.2 Å². The van der Waals surface area contributed by atoms with Crippen molar-refractivity contribution in [3.63, 3.8) is 0 Å². The number of allylic oxidation sites excluding steroid dienone is 2. The summed E-state index contributed by atoms with van der Waals surface area (Å²) >= 11 is 0. The predicted molar refractivity (Wildman–Crippen MR) is 105 cm³/mol. The molecule has 1 aliphatic rings. The van der Waals surface area contributed by atoms with Gasteiger partial charge in [0, 0.05) is 7.05 Å². The van der Waals surface area contributed by atoms with Crippen LogP contribution >= 0.6 is 0 Å². The van der Waals surface area contributed by atoms with Gasteiger partial charge in [-0.15, -0.1) is 0 Å². The van der Waals surface area contributed by atoms with Gasteiger partial charge in [-0.1, -0.05) is 43.7 Å². The minimum Gasteiger partial charge on any atom is -0.320 e. The van der Waals surface area contributed by atoms with Crippen molar-refractivity contribution in [2.45, 2.75) is 34.6 Å². The van der Waals surface area contributed by atoms with Gasteiger partial charge in [0.2, 0.25) is 5.91 Å². The van der Waals surface area contributed by atoms with Crippen molar-refractivity contribution in [2.24, 2.45) is 24.3 Å². The number of hydrogen-bond acceptors (Lipinski definition) is 2. The molecule has 1 N–H and O–H groups in total. The summed E-state index contributed by atoms with van der Waals surface area (Å²) in [5, 5.41) is 2.91. The number of benzene rings is 1. The zero-order valence-electron chi connectivity index (χ0n) is 16.3. The molecule has 1 aromatic heterocycles. The third-order valence-electron chi connectivity index (χ3n) is 5.51. The molecule has 1 aliphatic carbocycles. The maximum absolute atomic E-state index is 12.9. The summed E-state index contributed by atoms with van der Waals surface area (Å²) in [4.78, 5) is 25.8. The number of carbonyl (C=O) groups excluding carboxylic acids is 1. The van der Waals surface area contributed by atoms with Crippen LogP contribution in [-0.4, -0.2) is 15.3 Å². The molecule has 2 atom stereocenters. The molecule has 0 aliphatic heterocycles. The number of amides is 1. The molecule has 3 rings (SSSR count). The summed E-state index contributed by atoms with van der Waals surface area (Å²) in [7, 11) is 1.83. The summed E-state index contributed by atoms with van der Waals surface area (Å²) in [5.41, 5.74) is 2.80. The fraction of sp³-hybridized carbons (Fsp3) is 0.429. The number of rotatable bonds is 4. The summed E-state index contributed by atoms with van der Waals surface area (Å²) in [6.45, 7) is 10.1. The summed E-state index contributed by atoms with van der Waals surface area (Å²) in [5.74, 6) is 0.0259. The van der Waals surface area contributed by atoms with Gasteiger partial charge < -0.3 is 5.32 Å². The van der Waals surface area contributed by atoms with Crippen LogP contribution in [-0.2, 0) is 11.8 Å². The highest BCUT2D eigenvalue weighted by Gasteiger charge is 2.60. The minimum absolute atomic E-state index is 0.0801. The average molecular weight is 353 g/mol. The fourth-order valence-electron chi connectivity index (χ4n) is 3.76. The number of aromatic nitrogens is 2. The monoisotopic (exact) mass is 353 g/mol. The molecular weight excluding hydrogens is 326 g/mol. The average Bonchev–Trinajstić information content (AvgIpc) is 3.04. The zero-order valence-corrected chi connectivity index (χ0v) is 16.3. The Kier molecular flexibility index (Phi) is 4.42. The van der Waals surface area contributed by atoms with E-state index >= 15 is 0 Å². The summed E-state index contributed by atoms with van der Waals surface area (Å²) < 4.78 is 3.36. The first kappa shape index (κ1) is 18.2. The smallest absolute Gasteiger partial charge is 0.295 e. The highest BCUT2D eigenvalue weighted by molar-refractivity contribution is 5.96. The van der Waals surface area contributed by atoms with E-state index in [1.807, 2.05) is 58.2 Å². The van der Waals surface area contributed by atoms with Gasteiger partial charge in [-0.2, -0.15) is 0 Å². The Balaban J connectivity index is 1.92. The van der Waals surface area contributed by atoms with Gasteiger partial charge >= 0.3 is 0 Å². The molecule has 0 spiro atoms. The van der Waals surface area contributed by atoms with Crippen LogP contribution in [0.5, 0.6) is 0 Å². The lowest BCUT2D eigenvalue weighted by atomic mass is 10.1. The molecule has 2 aromatic rings. The Morgan fingerprint density at radius 1 is 1.19 bits per heavy atom. The molecule has 26 heavy (non-hydrogen) atoms. The number of para-hydroxylation sites is 1. The van der Waals surface area contributed by atoms with E-state index < -0.39 is 0 Å². The summed E-state index contributed by atoms with van der Waals surface area (Å²) in [6.07, 6.45) is 2.16. The second kappa shape index (κ2) is 6.31. The topological polar surface area (TPSA) is 56.0 Å². The third kappa shape index (κ3) is 2.91. The van der Waals surface area contributed by atoms with Gasteiger partial charge in [0.1, 0.15) is 5.69 Å². The number of hydrogen-bond donors (Lipinski definition) is 1. The molecule has 0 radical (unpaired) electrons. The van der Waals surface area contributed by atoms with Gasteiger partial charge in [-0.05, 0) is 44.2 Å². The van der Waals surface area contributed by atoms with E-state index in [2.05, 4.69) is 25.2 Å². The zero-order chi connectivity index (χ0) is 19.2. The van der Waals surface area contributed by atoms with Crippen molar-refractivity contribution in [3.8, 4) is 5.69 Å². The first-order chi connectivity index (χ1) is 12.2. The lowest BCUT2D eigenvalue weighted by Crippen LogP contribution is -2.24. The number of carbonyl (C=O) groups is 1. The van der Waals surface area contributed by atoms with Crippen molar-refractivity contribution < 1.29 is 4.79 Å². The third-order valence-corrected chi connectivity index (χ3v) is 5.51. The highest BCUT2D eigenvalue weighted by Crippen LogP contribution is 2.59. The van der Waals surface area contributed by atoms with Crippen molar-refractivity contribution in [2.75, 3.05) is 5.32 Å². The Bertz CT molecular complexity index is 928. The van der Waals surface area contributed by atoms with Crippen molar-refractivity contribution in [1.82, 2.24) is 9.36 Å². The largest absolute Gasteiger partial charge is 0.320 e. The molecule has 138 valence electrons. The maximum atomic E-state index is 12.9. The van der Waals surface area contributed by atoms with E-state index in [1.165, 1.54) is 5.57 Å². The molecule has 1 amide bonds. The summed E-state index contributed by atoms with van der Waals surface area (Å²) in [6, 6.07) is 9.44. The molecule has 1 saturated carbocycles. The van der Waals surface area contributed by atoms with E-state index in [1.54, 1.807) is 9.36 Å². The van der Waals surface area contributed by atoms with Gasteiger partial charge in [-0.25, -0.2) is 4.68 Å². The lowest BCUT2D eigenvalue weighted by molar-refractivity contribution is -0.118. The highest BCUT2D eigenvalue weighted by atomic mass is 16.2. The second-order valence-corrected chi connectivity index (χ2v) is 7.99. The number of anilines is 1. The molecule has 5 heteroatoms. The van der Waals surface area contributed by atoms with Crippen LogP contribution in [0.4, 0.5) is 5.69 Å². The van der Waals surface area contributed by atoms with Gasteiger partial charge in [-0.3, -0.25) is 14.3 Å². The van der Waals surface area contributed by atoms with E-state index in [-0.39, 0.29) is 28.7 Å². The Morgan fingerprint density at radius 2 is 1.81 bits per heavy atom. The molecule has 1 heterocycles. The molecule has 0 unspecified atom stereocenters. The SMILES string of the molecule is CC(C)=C[C@@H]1[C@@H](C(=O)Nc2c(C)n(C)n(-c3ccccc3)c2=O)C1(C)C. The number of nitrogens with zero attached hydrogens (tertiary/aromatic N) is 2. The second-order valence-electron chi connectivity index (χ2n) is 7.99. The Labute approximate surface area is 154 Å². The number of nitrogens with one attached hydrogen (secondary N) is 1. The van der Waals surface area contributed by atoms with Gasteiger partial charge in [0.05, 0.1) is 17.3 Å². The first-order valence-electron chi connectivity index (χ1n) is 8.96. The van der Waals surface area contributed by atoms with E-state index in [9.17, 15) is 9.59 Å². The Hall–Kier alpha value is -2.56. The predicted octanol–water partition coefficient (Wildman–Crippen LogP) is 3.66. The fourth-order valence-corrected chi connectivity index (χ4v) is 3.76. The lowest BCUT2D eigenvalue weighted by Gasteiger charge is -2.07. The standard InChI is InChI=1S/C21H27N3O2/c1-13(2)12-16-17(21(16,4)5)19(25)22-18-14(3)23(6)24(20(18)26)15-10-8-7-9-11-15/h7-12,16-17H,1-6H3,(H,22,25)/t16-,17+/m1/s1. The maximum Gasteiger partial charge on any atom is 0.295 e. The van der Waals surface area contributed by atoms with Crippen molar-refractivity contribution in [1.29, 1.82) is 0 Å². The Morgan fingerprint density at radius 3 is 2.38 bits per heavy atom. The first-order valence-corrected chi connectivity index (χ1v) is 8.96. The van der Waals surface area contributed by atoms with Crippen LogP contribution in [0.3, 0.4) is 0 Å². The van der Waals surface area contributed by atoms with Crippen LogP contribution in [0.1, 0.15) is 33.4 Å².